The van der Waals surface area contributed by atoms with Crippen LogP contribution in [0.5, 0.6) is 0 Å². The second-order valence-electron chi connectivity index (χ2n) is 8.01. The number of anilines is 1. The molecule has 0 unspecified atom stereocenters. The Balaban J connectivity index is 1.21. The third kappa shape index (κ3) is 4.50. The molecule has 0 spiro atoms. The third-order valence-corrected chi connectivity index (χ3v) is 6.45. The number of benzene rings is 3. The average molecular weight is 487 g/mol. The average Bonchev–Trinajstić information content (AvgIpc) is 2.85. The van der Waals surface area contributed by atoms with Gasteiger partial charge >= 0.3 is 0 Å². The van der Waals surface area contributed by atoms with Crippen LogP contribution in [-0.2, 0) is 11.2 Å². The van der Waals surface area contributed by atoms with E-state index >= 15 is 0 Å². The van der Waals surface area contributed by atoms with Crippen LogP contribution in [0.2, 0.25) is 0 Å². The van der Waals surface area contributed by atoms with Gasteiger partial charge in [0, 0.05) is 36.2 Å². The topological polar surface area (TPSA) is 49.3 Å². The number of carbonyl (C=O) groups is 1. The fraction of sp³-hybridized carbons (Fsp3) is 0.192. The third-order valence-electron chi connectivity index (χ3n) is 5.92. The van der Waals surface area contributed by atoms with Crippen molar-refractivity contribution in [1.82, 2.24) is 15.1 Å². The molecule has 3 aromatic carbocycles. The molecule has 5 nitrogen and oxygen atoms in total. The largest absolute Gasteiger partial charge is 0.352 e. The molecule has 1 aliphatic heterocycles. The summed E-state index contributed by atoms with van der Waals surface area (Å²) in [5.41, 5.74) is 2.96. The molecule has 32 heavy (non-hydrogen) atoms. The number of hydrogen-bond acceptors (Lipinski definition) is 4. The summed E-state index contributed by atoms with van der Waals surface area (Å²) in [6.45, 7) is 2.92. The lowest BCUT2D eigenvalue weighted by Crippen LogP contribution is -2.49. The fourth-order valence-electron chi connectivity index (χ4n) is 4.07. The van der Waals surface area contributed by atoms with Crippen LogP contribution >= 0.6 is 15.9 Å². The van der Waals surface area contributed by atoms with Crippen molar-refractivity contribution >= 4 is 38.4 Å². The lowest BCUT2D eigenvalue weighted by molar-refractivity contribution is -0.130. The van der Waals surface area contributed by atoms with Crippen molar-refractivity contribution < 1.29 is 4.79 Å². The van der Waals surface area contributed by atoms with Gasteiger partial charge in [0.2, 0.25) is 5.91 Å². The number of hydrogen-bond donors (Lipinski definition) is 0. The molecule has 0 radical (unpaired) electrons. The first kappa shape index (κ1) is 20.6. The van der Waals surface area contributed by atoms with E-state index in [0.29, 0.717) is 19.5 Å². The number of rotatable bonds is 4. The number of nitrogens with zero attached hydrogens (tertiary/aromatic N) is 4. The Hall–Kier alpha value is -3.25. The van der Waals surface area contributed by atoms with E-state index in [1.165, 1.54) is 10.8 Å². The Bertz CT molecular complexity index is 1230. The van der Waals surface area contributed by atoms with Gasteiger partial charge < -0.3 is 9.80 Å². The van der Waals surface area contributed by atoms with Crippen LogP contribution < -0.4 is 4.90 Å². The molecule has 6 heteroatoms. The van der Waals surface area contributed by atoms with Gasteiger partial charge in [0.15, 0.2) is 5.82 Å². The molecule has 2 heterocycles. The number of carbonyl (C=O) groups excluding carboxylic acids is 1. The van der Waals surface area contributed by atoms with E-state index in [1.807, 2.05) is 53.4 Å². The molecule has 0 aliphatic carbocycles. The molecule has 5 rings (SSSR count). The van der Waals surface area contributed by atoms with Crippen molar-refractivity contribution in [3.05, 3.63) is 88.9 Å². The van der Waals surface area contributed by atoms with Crippen LogP contribution in [-0.4, -0.2) is 47.2 Å². The van der Waals surface area contributed by atoms with Crippen molar-refractivity contribution in [3.8, 4) is 11.3 Å². The van der Waals surface area contributed by atoms with Gasteiger partial charge in [-0.2, -0.15) is 0 Å². The maximum absolute atomic E-state index is 12.7. The summed E-state index contributed by atoms with van der Waals surface area (Å²) in [4.78, 5) is 16.8. The molecular weight excluding hydrogens is 464 g/mol. The van der Waals surface area contributed by atoms with Crippen LogP contribution in [0.3, 0.4) is 0 Å². The van der Waals surface area contributed by atoms with Gasteiger partial charge in [-0.15, -0.1) is 10.2 Å². The van der Waals surface area contributed by atoms with Crippen molar-refractivity contribution in [2.75, 3.05) is 31.1 Å². The van der Waals surface area contributed by atoms with Crippen molar-refractivity contribution in [2.24, 2.45) is 0 Å². The van der Waals surface area contributed by atoms with E-state index < -0.39 is 0 Å². The highest BCUT2D eigenvalue weighted by Gasteiger charge is 2.22. The van der Waals surface area contributed by atoms with Gasteiger partial charge in [0.25, 0.3) is 0 Å². The van der Waals surface area contributed by atoms with Gasteiger partial charge in [-0.1, -0.05) is 64.5 Å². The fourth-order valence-corrected chi connectivity index (χ4v) is 4.33. The number of fused-ring (bicyclic) bond motifs is 1. The first-order valence-corrected chi connectivity index (χ1v) is 11.5. The Morgan fingerprint density at radius 1 is 0.812 bits per heavy atom. The maximum atomic E-state index is 12.7. The van der Waals surface area contributed by atoms with Gasteiger partial charge in [-0.25, -0.2) is 0 Å². The molecule has 1 fully saturated rings. The highest BCUT2D eigenvalue weighted by molar-refractivity contribution is 9.10. The van der Waals surface area contributed by atoms with E-state index in [9.17, 15) is 4.79 Å². The molecule has 0 saturated carbocycles. The number of aromatic nitrogens is 2. The molecule has 1 aromatic heterocycles. The minimum Gasteiger partial charge on any atom is -0.352 e. The van der Waals surface area contributed by atoms with Crippen molar-refractivity contribution in [2.45, 2.75) is 6.42 Å². The smallest absolute Gasteiger partial charge is 0.227 e. The standard InChI is InChI=1S/C26H23BrN4O/c27-23-9-5-19(6-10-23)17-26(32)31-15-13-30(14-16-31)25-12-11-24(28-29-25)22-8-7-20-3-1-2-4-21(20)18-22/h1-12,18H,13-17H2. The normalized spacial score (nSPS) is 14.0. The minimum absolute atomic E-state index is 0.171. The summed E-state index contributed by atoms with van der Waals surface area (Å²) in [6, 6.07) is 26.6. The Morgan fingerprint density at radius 2 is 1.56 bits per heavy atom. The molecule has 1 saturated heterocycles. The highest BCUT2D eigenvalue weighted by atomic mass is 79.9. The summed E-state index contributed by atoms with van der Waals surface area (Å²) in [5.74, 6) is 1.03. The summed E-state index contributed by atoms with van der Waals surface area (Å²) in [6.07, 6.45) is 0.438. The summed E-state index contributed by atoms with van der Waals surface area (Å²) in [7, 11) is 0. The summed E-state index contributed by atoms with van der Waals surface area (Å²) in [5, 5.41) is 11.4. The van der Waals surface area contributed by atoms with E-state index in [-0.39, 0.29) is 5.91 Å². The van der Waals surface area contributed by atoms with E-state index in [1.54, 1.807) is 0 Å². The zero-order valence-electron chi connectivity index (χ0n) is 17.6. The predicted molar refractivity (Wildman–Crippen MR) is 132 cm³/mol. The predicted octanol–water partition coefficient (Wildman–Crippen LogP) is 4.95. The number of piperazine rings is 1. The van der Waals surface area contributed by atoms with E-state index in [4.69, 9.17) is 0 Å². The van der Waals surface area contributed by atoms with Crippen LogP contribution in [0.1, 0.15) is 5.56 Å². The SMILES string of the molecule is O=C(Cc1ccc(Br)cc1)N1CCN(c2ccc(-c3ccc4ccccc4c3)nn2)CC1. The first-order valence-electron chi connectivity index (χ1n) is 10.8. The molecule has 160 valence electrons. The maximum Gasteiger partial charge on any atom is 0.227 e. The van der Waals surface area contributed by atoms with Crippen LogP contribution in [0.4, 0.5) is 5.82 Å². The number of amides is 1. The first-order chi connectivity index (χ1) is 15.7. The zero-order valence-corrected chi connectivity index (χ0v) is 19.2. The summed E-state index contributed by atoms with van der Waals surface area (Å²) < 4.78 is 1.02. The quantitative estimate of drug-likeness (QED) is 0.409. The second kappa shape index (κ2) is 9.09. The van der Waals surface area contributed by atoms with Gasteiger partial charge in [0.1, 0.15) is 0 Å². The molecule has 1 amide bonds. The van der Waals surface area contributed by atoms with E-state index in [2.05, 4.69) is 61.4 Å². The number of halogens is 1. The van der Waals surface area contributed by atoms with Crippen molar-refractivity contribution in [3.63, 3.8) is 0 Å². The van der Waals surface area contributed by atoms with Gasteiger partial charge in [-0.05, 0) is 46.7 Å². The van der Waals surface area contributed by atoms with Gasteiger partial charge in [0.05, 0.1) is 12.1 Å². The van der Waals surface area contributed by atoms with Crippen molar-refractivity contribution in [1.29, 1.82) is 0 Å². The minimum atomic E-state index is 0.171. The second-order valence-corrected chi connectivity index (χ2v) is 8.93. The Morgan fingerprint density at radius 3 is 2.28 bits per heavy atom. The monoisotopic (exact) mass is 486 g/mol. The molecule has 0 N–H and O–H groups in total. The van der Waals surface area contributed by atoms with E-state index in [0.717, 1.165) is 40.2 Å². The molecule has 0 bridgehead atoms. The molecular formula is C26H23BrN4O. The Labute approximate surface area is 195 Å². The van der Waals surface area contributed by atoms with Gasteiger partial charge in [-0.3, -0.25) is 4.79 Å². The molecule has 0 atom stereocenters. The Kier molecular flexibility index (Phi) is 5.86. The molecule has 1 aliphatic rings. The lowest BCUT2D eigenvalue weighted by atomic mass is 10.1. The van der Waals surface area contributed by atoms with Crippen LogP contribution in [0, 0.1) is 0 Å². The summed E-state index contributed by atoms with van der Waals surface area (Å²) >= 11 is 3.43. The van der Waals surface area contributed by atoms with Crippen LogP contribution in [0.15, 0.2) is 83.3 Å². The molecule has 4 aromatic rings. The van der Waals surface area contributed by atoms with Crippen LogP contribution in [0.25, 0.3) is 22.0 Å². The zero-order chi connectivity index (χ0) is 21.9. The highest BCUT2D eigenvalue weighted by Crippen LogP contribution is 2.24. The lowest BCUT2D eigenvalue weighted by Gasteiger charge is -2.35.